The number of halogens is 2. The standard InChI is InChI=1S/C11H8F2N2O.C11H21NO2.C10H15NO/c1-6(16)10-5-11(15-14-10)8-3-2-7(12)4-9(8)13;1-9(13)5-11(4)7-12(8-11)6-10(2,3)14;1-10(2,3)8-5-6-11-9(7-8)12-4/h2-5H,1H3,(H,14,15);14H,5-8H2,1-4H3;5-7H,1-4H3. The fourth-order valence-corrected chi connectivity index (χ4v) is 4.73. The van der Waals surface area contributed by atoms with Crippen LogP contribution >= 0.6 is 0 Å². The van der Waals surface area contributed by atoms with E-state index >= 15 is 0 Å². The Morgan fingerprint density at radius 2 is 1.71 bits per heavy atom. The van der Waals surface area contributed by atoms with Crippen LogP contribution in [-0.4, -0.2) is 69.1 Å². The molecule has 4 rings (SSSR count). The van der Waals surface area contributed by atoms with Crippen molar-refractivity contribution in [1.29, 1.82) is 0 Å². The Balaban J connectivity index is 0.000000223. The lowest BCUT2D eigenvalue weighted by molar-refractivity contribution is -0.123. The van der Waals surface area contributed by atoms with E-state index in [-0.39, 0.29) is 33.7 Å². The first-order valence-corrected chi connectivity index (χ1v) is 13.8. The number of nitrogens with zero attached hydrogens (tertiary/aromatic N) is 3. The molecule has 3 heterocycles. The van der Waals surface area contributed by atoms with Gasteiger partial charge in [0.2, 0.25) is 5.88 Å². The smallest absolute Gasteiger partial charge is 0.213 e. The van der Waals surface area contributed by atoms with Crippen molar-refractivity contribution >= 4 is 11.6 Å². The molecule has 0 amide bonds. The molecule has 230 valence electrons. The van der Waals surface area contributed by atoms with Gasteiger partial charge in [-0.3, -0.25) is 14.8 Å². The maximum atomic E-state index is 13.4. The lowest BCUT2D eigenvalue weighted by atomic mass is 9.77. The summed E-state index contributed by atoms with van der Waals surface area (Å²) in [7, 11) is 1.63. The van der Waals surface area contributed by atoms with E-state index in [1.54, 1.807) is 20.2 Å². The predicted octanol–water partition coefficient (Wildman–Crippen LogP) is 6.00. The van der Waals surface area contributed by atoms with E-state index in [0.717, 1.165) is 25.2 Å². The number of methoxy groups -OCH3 is 1. The number of likely N-dealkylation sites (tertiary alicyclic amines) is 1. The van der Waals surface area contributed by atoms with Crippen LogP contribution in [-0.2, 0) is 10.2 Å². The number of rotatable bonds is 7. The largest absolute Gasteiger partial charge is 0.481 e. The average molecular weight is 587 g/mol. The molecule has 10 heteroatoms. The number of H-pyrrole nitrogens is 1. The molecule has 1 fully saturated rings. The van der Waals surface area contributed by atoms with E-state index in [9.17, 15) is 23.5 Å². The zero-order chi connectivity index (χ0) is 31.9. The summed E-state index contributed by atoms with van der Waals surface area (Å²) in [6.45, 7) is 17.8. The Hall–Kier alpha value is -3.50. The van der Waals surface area contributed by atoms with Crippen LogP contribution in [0.1, 0.15) is 77.9 Å². The van der Waals surface area contributed by atoms with Crippen molar-refractivity contribution in [3.05, 3.63) is 65.5 Å². The summed E-state index contributed by atoms with van der Waals surface area (Å²) in [4.78, 5) is 28.2. The second-order valence-corrected chi connectivity index (χ2v) is 12.8. The predicted molar refractivity (Wildman–Crippen MR) is 160 cm³/mol. The van der Waals surface area contributed by atoms with E-state index in [1.165, 1.54) is 24.6 Å². The van der Waals surface area contributed by atoms with Crippen molar-refractivity contribution in [1.82, 2.24) is 20.1 Å². The third kappa shape index (κ3) is 11.1. The molecule has 0 radical (unpaired) electrons. The molecular formula is C32H44F2N4O4. The molecule has 3 aromatic rings. The van der Waals surface area contributed by atoms with Crippen molar-refractivity contribution in [2.45, 2.75) is 72.8 Å². The molecule has 2 aromatic heterocycles. The van der Waals surface area contributed by atoms with E-state index in [2.05, 4.69) is 47.8 Å². The van der Waals surface area contributed by atoms with Crippen LogP contribution in [0.4, 0.5) is 8.78 Å². The van der Waals surface area contributed by atoms with Gasteiger partial charge in [-0.1, -0.05) is 27.7 Å². The molecule has 0 bridgehead atoms. The highest BCUT2D eigenvalue weighted by molar-refractivity contribution is 5.93. The Labute approximate surface area is 247 Å². The minimum Gasteiger partial charge on any atom is -0.481 e. The van der Waals surface area contributed by atoms with Gasteiger partial charge in [-0.25, -0.2) is 13.8 Å². The van der Waals surface area contributed by atoms with E-state index in [4.69, 9.17) is 4.74 Å². The number of β-amino-alcohol motifs (C(OH)–C–C–N with tert-alkyl or cyclic N) is 1. The van der Waals surface area contributed by atoms with Crippen LogP contribution < -0.4 is 4.74 Å². The van der Waals surface area contributed by atoms with Crippen molar-refractivity contribution in [2.24, 2.45) is 5.41 Å². The van der Waals surface area contributed by atoms with Crippen LogP contribution in [0.25, 0.3) is 11.3 Å². The van der Waals surface area contributed by atoms with Crippen LogP contribution in [0.5, 0.6) is 5.88 Å². The molecule has 0 aliphatic carbocycles. The number of ketones is 2. The van der Waals surface area contributed by atoms with E-state index in [1.807, 2.05) is 26.0 Å². The first kappa shape index (κ1) is 34.7. The number of aromatic nitrogens is 3. The number of ether oxygens (including phenoxy) is 1. The summed E-state index contributed by atoms with van der Waals surface area (Å²) < 4.78 is 31.1. The molecule has 0 spiro atoms. The third-order valence-electron chi connectivity index (χ3n) is 6.47. The number of nitrogens with one attached hydrogen (secondary N) is 1. The van der Waals surface area contributed by atoms with Crippen molar-refractivity contribution in [3.63, 3.8) is 0 Å². The van der Waals surface area contributed by atoms with Crippen molar-refractivity contribution in [2.75, 3.05) is 26.7 Å². The van der Waals surface area contributed by atoms with Gasteiger partial charge in [-0.15, -0.1) is 0 Å². The molecule has 0 atom stereocenters. The second-order valence-electron chi connectivity index (χ2n) is 12.8. The third-order valence-corrected chi connectivity index (χ3v) is 6.47. The number of carbonyl (C=O) groups excluding carboxylic acids is 2. The van der Waals surface area contributed by atoms with Gasteiger partial charge < -0.3 is 14.6 Å². The Kier molecular flexibility index (Phi) is 11.7. The summed E-state index contributed by atoms with van der Waals surface area (Å²) in [5.74, 6) is -0.607. The SMILES string of the molecule is CC(=O)CC1(C)CN(CC(C)(C)O)C1.CC(=O)c1cc(-c2ccc(F)cc2F)n[nH]1.COc1cc(C(C)(C)C)ccn1. The molecule has 1 aromatic carbocycles. The highest BCUT2D eigenvalue weighted by atomic mass is 19.1. The summed E-state index contributed by atoms with van der Waals surface area (Å²) in [6, 6.07) is 8.61. The number of hydrogen-bond donors (Lipinski definition) is 2. The number of Topliss-reactive ketones (excluding diaryl/α,β-unsaturated/α-hetero) is 2. The van der Waals surface area contributed by atoms with Gasteiger partial charge in [0.1, 0.15) is 23.1 Å². The van der Waals surface area contributed by atoms with Gasteiger partial charge in [0, 0.05) is 56.9 Å². The van der Waals surface area contributed by atoms with Gasteiger partial charge in [-0.2, -0.15) is 5.10 Å². The molecule has 8 nitrogen and oxygen atoms in total. The quantitative estimate of drug-likeness (QED) is 0.327. The normalized spacial score (nSPS) is 14.5. The lowest BCUT2D eigenvalue weighted by Crippen LogP contribution is -2.58. The molecule has 0 unspecified atom stereocenters. The zero-order valence-corrected chi connectivity index (χ0v) is 26.1. The second kappa shape index (κ2) is 14.1. The molecule has 1 aliphatic rings. The molecule has 1 aliphatic heterocycles. The number of hydrogen-bond acceptors (Lipinski definition) is 7. The molecule has 0 saturated carbocycles. The van der Waals surface area contributed by atoms with Gasteiger partial charge in [0.15, 0.2) is 5.78 Å². The van der Waals surface area contributed by atoms with Crippen LogP contribution in [0, 0.1) is 17.0 Å². The fraction of sp³-hybridized carbons (Fsp3) is 0.500. The molecule has 1 saturated heterocycles. The Morgan fingerprint density at radius 3 is 2.19 bits per heavy atom. The first-order chi connectivity index (χ1) is 19.3. The first-order valence-electron chi connectivity index (χ1n) is 13.8. The van der Waals surface area contributed by atoms with Gasteiger partial charge in [0.25, 0.3) is 0 Å². The average Bonchev–Trinajstić information content (AvgIpc) is 3.32. The summed E-state index contributed by atoms with van der Waals surface area (Å²) in [5.41, 5.74) is 1.66. The van der Waals surface area contributed by atoms with Gasteiger partial charge >= 0.3 is 0 Å². The van der Waals surface area contributed by atoms with Gasteiger partial charge in [-0.05, 0) is 61.4 Å². The molecular weight excluding hydrogens is 542 g/mol. The van der Waals surface area contributed by atoms with Crippen LogP contribution in [0.2, 0.25) is 0 Å². The maximum Gasteiger partial charge on any atom is 0.213 e. The van der Waals surface area contributed by atoms with E-state index < -0.39 is 17.2 Å². The van der Waals surface area contributed by atoms with Gasteiger partial charge in [0.05, 0.1) is 18.4 Å². The van der Waals surface area contributed by atoms with Crippen molar-refractivity contribution in [3.8, 4) is 17.1 Å². The number of carbonyl (C=O) groups is 2. The maximum absolute atomic E-state index is 13.4. The fourth-order valence-electron chi connectivity index (χ4n) is 4.73. The number of pyridine rings is 1. The summed E-state index contributed by atoms with van der Waals surface area (Å²) in [5, 5.41) is 15.9. The highest BCUT2D eigenvalue weighted by Crippen LogP contribution is 2.34. The molecule has 2 N–H and O–H groups in total. The van der Waals surface area contributed by atoms with Crippen LogP contribution in [0.15, 0.2) is 42.6 Å². The Bertz CT molecular complexity index is 1350. The lowest BCUT2D eigenvalue weighted by Gasteiger charge is -2.49. The highest BCUT2D eigenvalue weighted by Gasteiger charge is 2.40. The summed E-state index contributed by atoms with van der Waals surface area (Å²) in [6.07, 6.45) is 2.44. The molecule has 42 heavy (non-hydrogen) atoms. The van der Waals surface area contributed by atoms with E-state index in [0.29, 0.717) is 24.5 Å². The van der Waals surface area contributed by atoms with Crippen LogP contribution in [0.3, 0.4) is 0 Å². The Morgan fingerprint density at radius 1 is 1.07 bits per heavy atom. The number of aromatic amines is 1. The topological polar surface area (TPSA) is 108 Å². The minimum absolute atomic E-state index is 0.150. The minimum atomic E-state index is -0.707. The zero-order valence-electron chi connectivity index (χ0n) is 26.1. The monoisotopic (exact) mass is 586 g/mol. The summed E-state index contributed by atoms with van der Waals surface area (Å²) >= 11 is 0. The number of aliphatic hydroxyl groups is 1. The number of benzene rings is 1. The van der Waals surface area contributed by atoms with Crippen molar-refractivity contribution < 1.29 is 28.2 Å².